The molecule has 0 saturated carbocycles. The maximum absolute atomic E-state index is 13.2. The van der Waals surface area contributed by atoms with Gasteiger partial charge in [-0.3, -0.25) is 4.79 Å². The van der Waals surface area contributed by atoms with Gasteiger partial charge >= 0.3 is 0 Å². The lowest BCUT2D eigenvalue weighted by Gasteiger charge is -2.43. The minimum absolute atomic E-state index is 0.0121. The molecule has 3 aromatic rings. The van der Waals surface area contributed by atoms with Gasteiger partial charge in [0.1, 0.15) is 0 Å². The number of rotatable bonds is 4. The molecule has 2 aliphatic heterocycles. The smallest absolute Gasteiger partial charge is 0.242 e. The normalized spacial score (nSPS) is 24.1. The number of anilines is 1. The molecule has 34 heavy (non-hydrogen) atoms. The fourth-order valence-corrected chi connectivity index (χ4v) is 5.96. The van der Waals surface area contributed by atoms with E-state index in [1.807, 2.05) is 25.4 Å². The van der Waals surface area contributed by atoms with Crippen molar-refractivity contribution >= 4 is 45.8 Å². The van der Waals surface area contributed by atoms with Gasteiger partial charge in [-0.2, -0.15) is 0 Å². The zero-order valence-corrected chi connectivity index (χ0v) is 21.4. The third kappa shape index (κ3) is 4.16. The average molecular weight is 500 g/mol. The Balaban J connectivity index is 1.37. The maximum atomic E-state index is 13.2. The van der Waals surface area contributed by atoms with Crippen LogP contribution in [-0.2, 0) is 4.79 Å². The molecule has 3 heterocycles. The fraction of sp³-hybridized carbons (Fsp3) is 0.462. The molecule has 8 heteroatoms. The molecular formula is C26H31Cl2N5O. The van der Waals surface area contributed by atoms with E-state index in [4.69, 9.17) is 23.2 Å². The summed E-state index contributed by atoms with van der Waals surface area (Å²) in [6.45, 7) is 9.58. The second kappa shape index (κ2) is 9.06. The summed E-state index contributed by atoms with van der Waals surface area (Å²) in [6, 6.07) is 12.2. The number of nitrogens with one attached hydrogen (secondary N) is 1. The van der Waals surface area contributed by atoms with Crippen molar-refractivity contribution in [3.8, 4) is 0 Å². The van der Waals surface area contributed by atoms with Crippen molar-refractivity contribution < 1.29 is 4.79 Å². The van der Waals surface area contributed by atoms with Crippen LogP contribution in [0.2, 0.25) is 10.0 Å². The number of imidazole rings is 1. The van der Waals surface area contributed by atoms with Crippen molar-refractivity contribution in [2.75, 3.05) is 31.1 Å². The van der Waals surface area contributed by atoms with E-state index in [2.05, 4.69) is 56.7 Å². The van der Waals surface area contributed by atoms with E-state index >= 15 is 0 Å². The first-order valence-corrected chi connectivity index (χ1v) is 12.7. The van der Waals surface area contributed by atoms with Gasteiger partial charge in [-0.05, 0) is 76.1 Å². The molecule has 1 amide bonds. The number of halogens is 2. The topological polar surface area (TPSA) is 53.4 Å². The molecule has 1 aromatic heterocycles. The molecule has 5 rings (SSSR count). The number of carbonyl (C=O) groups is 1. The van der Waals surface area contributed by atoms with E-state index in [1.54, 1.807) is 6.07 Å². The van der Waals surface area contributed by atoms with E-state index in [1.165, 1.54) is 0 Å². The molecule has 6 nitrogen and oxygen atoms in total. The molecule has 2 unspecified atom stereocenters. The van der Waals surface area contributed by atoms with Gasteiger partial charge in [0, 0.05) is 41.4 Å². The van der Waals surface area contributed by atoms with Crippen molar-refractivity contribution in [3.05, 3.63) is 58.3 Å². The van der Waals surface area contributed by atoms with Crippen LogP contribution in [0.3, 0.4) is 0 Å². The van der Waals surface area contributed by atoms with Gasteiger partial charge in [0.25, 0.3) is 0 Å². The average Bonchev–Trinajstić information content (AvgIpc) is 3.45. The van der Waals surface area contributed by atoms with Crippen LogP contribution in [0.15, 0.2) is 42.7 Å². The highest BCUT2D eigenvalue weighted by atomic mass is 35.5. The molecule has 0 aliphatic carbocycles. The predicted molar refractivity (Wildman–Crippen MR) is 139 cm³/mol. The Kier molecular flexibility index (Phi) is 6.25. The number of amides is 1. The molecule has 2 aromatic carbocycles. The highest BCUT2D eigenvalue weighted by Gasteiger charge is 2.41. The van der Waals surface area contributed by atoms with Gasteiger partial charge in [0.05, 0.1) is 28.9 Å². The van der Waals surface area contributed by atoms with Crippen LogP contribution in [0.1, 0.15) is 45.2 Å². The molecule has 0 spiro atoms. The Bertz CT molecular complexity index is 1220. The van der Waals surface area contributed by atoms with Crippen LogP contribution < -0.4 is 10.2 Å². The number of nitrogens with zero attached hydrogens (tertiary/aromatic N) is 4. The summed E-state index contributed by atoms with van der Waals surface area (Å²) >= 11 is 12.6. The number of piperazine rings is 1. The highest BCUT2D eigenvalue weighted by molar-refractivity contribution is 6.35. The molecule has 2 fully saturated rings. The van der Waals surface area contributed by atoms with Crippen LogP contribution in [0.25, 0.3) is 11.0 Å². The van der Waals surface area contributed by atoms with Gasteiger partial charge < -0.3 is 19.7 Å². The summed E-state index contributed by atoms with van der Waals surface area (Å²) < 4.78 is 2.16. The number of benzene rings is 2. The Labute approximate surface area is 210 Å². The summed E-state index contributed by atoms with van der Waals surface area (Å²) in [5, 5.41) is 4.70. The monoisotopic (exact) mass is 499 g/mol. The molecule has 180 valence electrons. The zero-order valence-electron chi connectivity index (χ0n) is 19.9. The van der Waals surface area contributed by atoms with Crippen LogP contribution in [0.4, 0.5) is 5.69 Å². The van der Waals surface area contributed by atoms with Crippen molar-refractivity contribution in [2.24, 2.45) is 0 Å². The maximum Gasteiger partial charge on any atom is 0.242 e. The molecular weight excluding hydrogens is 469 g/mol. The first kappa shape index (κ1) is 23.5. The molecule has 2 saturated heterocycles. The number of aromatic nitrogens is 2. The molecule has 1 N–H and O–H groups in total. The summed E-state index contributed by atoms with van der Waals surface area (Å²) in [6.07, 6.45) is 3.84. The molecule has 2 aliphatic rings. The standard InChI is InChI=1S/C26H31Cl2N5O/c1-17-15-31(11-12-32(17)25(34)26(3)9-4-10-30-26)20-6-8-23-24(14-20)33(16-29-23)18(2)21-7-5-19(27)13-22(21)28/h5-8,13-14,16-18,30H,4,9-12,15H2,1-3H3/t17?,18?,26-/m1/s1. The van der Waals surface area contributed by atoms with Crippen LogP contribution >= 0.6 is 23.2 Å². The predicted octanol–water partition coefficient (Wildman–Crippen LogP) is 5.13. The van der Waals surface area contributed by atoms with Gasteiger partial charge in [-0.25, -0.2) is 4.98 Å². The first-order valence-electron chi connectivity index (χ1n) is 12.0. The lowest BCUT2D eigenvalue weighted by atomic mass is 9.96. The zero-order chi connectivity index (χ0) is 24.0. The van der Waals surface area contributed by atoms with Crippen LogP contribution in [0.5, 0.6) is 0 Å². The van der Waals surface area contributed by atoms with Gasteiger partial charge in [-0.15, -0.1) is 0 Å². The fourth-order valence-electron chi connectivity index (χ4n) is 5.40. The van der Waals surface area contributed by atoms with E-state index in [9.17, 15) is 4.79 Å². The van der Waals surface area contributed by atoms with Crippen molar-refractivity contribution in [2.45, 2.75) is 51.2 Å². The summed E-state index contributed by atoms with van der Waals surface area (Å²) in [5.41, 5.74) is 3.74. The van der Waals surface area contributed by atoms with Crippen molar-refractivity contribution in [3.63, 3.8) is 0 Å². The third-order valence-corrected chi connectivity index (χ3v) is 8.04. The largest absolute Gasteiger partial charge is 0.368 e. The summed E-state index contributed by atoms with van der Waals surface area (Å²) in [5.74, 6) is 0.236. The summed E-state index contributed by atoms with van der Waals surface area (Å²) in [7, 11) is 0. The highest BCUT2D eigenvalue weighted by Crippen LogP contribution is 2.32. The van der Waals surface area contributed by atoms with E-state index in [0.29, 0.717) is 10.0 Å². The minimum atomic E-state index is -0.416. The van der Waals surface area contributed by atoms with Crippen molar-refractivity contribution in [1.82, 2.24) is 19.8 Å². The Morgan fingerprint density at radius 3 is 2.74 bits per heavy atom. The van der Waals surface area contributed by atoms with Crippen molar-refractivity contribution in [1.29, 1.82) is 0 Å². The molecule has 0 bridgehead atoms. The Morgan fingerprint density at radius 2 is 2.03 bits per heavy atom. The minimum Gasteiger partial charge on any atom is -0.368 e. The van der Waals surface area contributed by atoms with Crippen LogP contribution in [0, 0.1) is 0 Å². The third-order valence-electron chi connectivity index (χ3n) is 7.48. The quantitative estimate of drug-likeness (QED) is 0.540. The first-order chi connectivity index (χ1) is 16.3. The number of hydrogen-bond acceptors (Lipinski definition) is 4. The number of carbonyl (C=O) groups excluding carboxylic acids is 1. The number of fused-ring (bicyclic) bond motifs is 1. The van der Waals surface area contributed by atoms with E-state index < -0.39 is 5.54 Å². The van der Waals surface area contributed by atoms with Gasteiger partial charge in [0.15, 0.2) is 0 Å². The Morgan fingerprint density at radius 1 is 1.21 bits per heavy atom. The lowest BCUT2D eigenvalue weighted by Crippen LogP contribution is -2.61. The van der Waals surface area contributed by atoms with E-state index in [0.717, 1.165) is 61.3 Å². The SMILES string of the molecule is CC1CN(c2ccc3ncn(C(C)c4ccc(Cl)cc4Cl)c3c2)CCN1C(=O)[C@@]1(C)CCCN1. The molecule has 0 radical (unpaired) electrons. The Hall–Kier alpha value is -2.28. The van der Waals surface area contributed by atoms with E-state index in [-0.39, 0.29) is 18.0 Å². The lowest BCUT2D eigenvalue weighted by molar-refractivity contribution is -0.139. The second-order valence-corrected chi connectivity index (χ2v) is 10.7. The molecule has 3 atom stereocenters. The van der Waals surface area contributed by atoms with Gasteiger partial charge in [0.2, 0.25) is 5.91 Å². The van der Waals surface area contributed by atoms with Gasteiger partial charge in [-0.1, -0.05) is 29.3 Å². The second-order valence-electron chi connectivity index (χ2n) is 9.82. The number of hydrogen-bond donors (Lipinski definition) is 1. The van der Waals surface area contributed by atoms with Crippen LogP contribution in [-0.4, -0.2) is 58.1 Å². The summed E-state index contributed by atoms with van der Waals surface area (Å²) in [4.78, 5) is 22.3.